The average Bonchev–Trinajstić information content (AvgIpc) is 2.57. The van der Waals surface area contributed by atoms with Crippen molar-refractivity contribution in [3.8, 4) is 0 Å². The molecule has 1 amide bonds. The first-order chi connectivity index (χ1) is 11.5. The Hall–Kier alpha value is -2.93. The molecule has 0 saturated carbocycles. The van der Waals surface area contributed by atoms with Gasteiger partial charge in [-0.05, 0) is 31.2 Å². The van der Waals surface area contributed by atoms with Gasteiger partial charge in [0.05, 0.1) is 11.1 Å². The van der Waals surface area contributed by atoms with Crippen LogP contribution in [0.1, 0.15) is 12.5 Å². The predicted molar refractivity (Wildman–Crippen MR) is 93.4 cm³/mol. The van der Waals surface area contributed by atoms with Crippen molar-refractivity contribution in [1.82, 2.24) is 5.43 Å². The van der Waals surface area contributed by atoms with Crippen molar-refractivity contribution in [3.63, 3.8) is 0 Å². The van der Waals surface area contributed by atoms with E-state index in [1.165, 1.54) is 18.3 Å². The lowest BCUT2D eigenvalue weighted by Gasteiger charge is -2.13. The molecular formula is C16H15ClN4O3. The number of hydrogen-bond donors (Lipinski definition) is 2. The quantitative estimate of drug-likeness (QED) is 0.477. The summed E-state index contributed by atoms with van der Waals surface area (Å²) in [6.07, 6.45) is 1.35. The van der Waals surface area contributed by atoms with Gasteiger partial charge in [0.25, 0.3) is 11.6 Å². The molecule has 0 saturated heterocycles. The van der Waals surface area contributed by atoms with E-state index in [0.717, 1.165) is 5.69 Å². The molecule has 0 fully saturated rings. The minimum Gasteiger partial charge on any atom is -0.374 e. The summed E-state index contributed by atoms with van der Waals surface area (Å²) in [4.78, 5) is 22.2. The molecule has 2 aromatic carbocycles. The molecule has 1 unspecified atom stereocenters. The average molecular weight is 347 g/mol. The Morgan fingerprint density at radius 1 is 1.29 bits per heavy atom. The van der Waals surface area contributed by atoms with Crippen LogP contribution in [0, 0.1) is 10.1 Å². The van der Waals surface area contributed by atoms with E-state index in [-0.39, 0.29) is 11.6 Å². The second kappa shape index (κ2) is 8.07. The fourth-order valence-corrected chi connectivity index (χ4v) is 1.97. The molecule has 0 aliphatic carbocycles. The van der Waals surface area contributed by atoms with Gasteiger partial charge in [-0.15, -0.1) is 0 Å². The van der Waals surface area contributed by atoms with Crippen molar-refractivity contribution in [1.29, 1.82) is 0 Å². The van der Waals surface area contributed by atoms with Gasteiger partial charge in [-0.25, -0.2) is 5.43 Å². The van der Waals surface area contributed by atoms with E-state index in [0.29, 0.717) is 10.6 Å². The van der Waals surface area contributed by atoms with Crippen LogP contribution in [-0.4, -0.2) is 23.1 Å². The number of nitro benzene ring substituents is 1. The Morgan fingerprint density at radius 3 is 2.67 bits per heavy atom. The van der Waals surface area contributed by atoms with Crippen LogP contribution in [0.25, 0.3) is 0 Å². The number of halogens is 1. The van der Waals surface area contributed by atoms with Gasteiger partial charge in [-0.2, -0.15) is 5.10 Å². The third-order valence-electron chi connectivity index (χ3n) is 3.09. The van der Waals surface area contributed by atoms with Crippen molar-refractivity contribution in [2.45, 2.75) is 13.0 Å². The van der Waals surface area contributed by atoms with Crippen molar-refractivity contribution in [2.24, 2.45) is 5.10 Å². The Kier molecular flexibility index (Phi) is 5.86. The van der Waals surface area contributed by atoms with E-state index in [4.69, 9.17) is 11.6 Å². The van der Waals surface area contributed by atoms with Crippen LogP contribution in [0.15, 0.2) is 53.6 Å². The monoisotopic (exact) mass is 346 g/mol. The molecule has 124 valence electrons. The van der Waals surface area contributed by atoms with Gasteiger partial charge in [0, 0.05) is 28.4 Å². The number of non-ortho nitro benzene ring substituents is 1. The number of nitrogens with one attached hydrogen (secondary N) is 2. The molecule has 0 radical (unpaired) electrons. The van der Waals surface area contributed by atoms with Gasteiger partial charge in [0.15, 0.2) is 0 Å². The zero-order valence-corrected chi connectivity index (χ0v) is 13.5. The van der Waals surface area contributed by atoms with E-state index in [1.807, 2.05) is 0 Å². The van der Waals surface area contributed by atoms with E-state index in [9.17, 15) is 14.9 Å². The maximum atomic E-state index is 12.0. The van der Waals surface area contributed by atoms with Crippen LogP contribution in [0.3, 0.4) is 0 Å². The zero-order chi connectivity index (χ0) is 17.5. The third-order valence-corrected chi connectivity index (χ3v) is 3.34. The Balaban J connectivity index is 1.90. The SMILES string of the molecule is CC(Nc1ccc(Cl)cc1)C(=O)NN=Cc1cccc([N+](=O)[O-])c1. The normalized spacial score (nSPS) is 11.9. The number of hydrogen-bond acceptors (Lipinski definition) is 5. The molecule has 24 heavy (non-hydrogen) atoms. The van der Waals surface area contributed by atoms with Crippen molar-refractivity contribution in [2.75, 3.05) is 5.32 Å². The summed E-state index contributed by atoms with van der Waals surface area (Å²) in [7, 11) is 0. The highest BCUT2D eigenvalue weighted by molar-refractivity contribution is 6.30. The minimum absolute atomic E-state index is 0.0388. The van der Waals surface area contributed by atoms with E-state index < -0.39 is 11.0 Å². The van der Waals surface area contributed by atoms with Crippen molar-refractivity contribution in [3.05, 3.63) is 69.2 Å². The van der Waals surface area contributed by atoms with Crippen LogP contribution in [0.2, 0.25) is 5.02 Å². The number of benzene rings is 2. The van der Waals surface area contributed by atoms with Crippen molar-refractivity contribution >= 4 is 35.1 Å². The summed E-state index contributed by atoms with van der Waals surface area (Å²) in [6, 6.07) is 12.4. The summed E-state index contributed by atoms with van der Waals surface area (Å²) in [5.74, 6) is -0.341. The maximum Gasteiger partial charge on any atom is 0.270 e. The Bertz CT molecular complexity index is 762. The van der Waals surface area contributed by atoms with Crippen LogP contribution in [-0.2, 0) is 4.79 Å². The number of carbonyl (C=O) groups is 1. The van der Waals surface area contributed by atoms with Crippen molar-refractivity contribution < 1.29 is 9.72 Å². The number of hydrazone groups is 1. The lowest BCUT2D eigenvalue weighted by atomic mass is 10.2. The molecule has 0 heterocycles. The number of amides is 1. The maximum absolute atomic E-state index is 12.0. The molecule has 2 rings (SSSR count). The molecule has 2 N–H and O–H groups in total. The molecule has 0 aliphatic heterocycles. The molecule has 0 aliphatic rings. The van der Waals surface area contributed by atoms with Crippen LogP contribution < -0.4 is 10.7 Å². The number of anilines is 1. The fraction of sp³-hybridized carbons (Fsp3) is 0.125. The largest absolute Gasteiger partial charge is 0.374 e. The second-order valence-electron chi connectivity index (χ2n) is 4.96. The number of nitro groups is 1. The van der Waals surface area contributed by atoms with Crippen LogP contribution in [0.4, 0.5) is 11.4 Å². The molecule has 0 spiro atoms. The van der Waals surface area contributed by atoms with Gasteiger partial charge in [-0.3, -0.25) is 14.9 Å². The summed E-state index contributed by atoms with van der Waals surface area (Å²) in [6.45, 7) is 1.69. The van der Waals surface area contributed by atoms with E-state index in [2.05, 4.69) is 15.8 Å². The van der Waals surface area contributed by atoms with Gasteiger partial charge in [0.2, 0.25) is 0 Å². The Morgan fingerprint density at radius 2 is 2.00 bits per heavy atom. The summed E-state index contributed by atoms with van der Waals surface area (Å²) >= 11 is 5.80. The predicted octanol–water partition coefficient (Wildman–Crippen LogP) is 3.20. The highest BCUT2D eigenvalue weighted by Crippen LogP contribution is 2.14. The lowest BCUT2D eigenvalue weighted by Crippen LogP contribution is -2.34. The van der Waals surface area contributed by atoms with Gasteiger partial charge in [-0.1, -0.05) is 23.7 Å². The van der Waals surface area contributed by atoms with Gasteiger partial charge in [0.1, 0.15) is 6.04 Å². The summed E-state index contributed by atoms with van der Waals surface area (Å²) in [5.41, 5.74) is 3.62. The Labute approximate surface area is 143 Å². The standard InChI is InChI=1S/C16H15ClN4O3/c1-11(19-14-7-5-13(17)6-8-14)16(22)20-18-10-12-3-2-4-15(9-12)21(23)24/h2-11,19H,1H3,(H,20,22). The minimum atomic E-state index is -0.520. The molecule has 7 nitrogen and oxygen atoms in total. The topological polar surface area (TPSA) is 96.6 Å². The number of nitrogens with zero attached hydrogens (tertiary/aromatic N) is 2. The molecule has 0 bridgehead atoms. The smallest absolute Gasteiger partial charge is 0.270 e. The first kappa shape index (κ1) is 17.4. The fourth-order valence-electron chi connectivity index (χ4n) is 1.85. The first-order valence-electron chi connectivity index (χ1n) is 7.05. The van der Waals surface area contributed by atoms with Gasteiger partial charge < -0.3 is 5.32 Å². The summed E-state index contributed by atoms with van der Waals surface area (Å²) in [5, 5.41) is 18.1. The molecule has 1 atom stereocenters. The molecule has 0 aromatic heterocycles. The van der Waals surface area contributed by atoms with E-state index in [1.54, 1.807) is 43.3 Å². The third kappa shape index (κ3) is 5.06. The second-order valence-corrected chi connectivity index (χ2v) is 5.40. The number of carbonyl (C=O) groups excluding carboxylic acids is 1. The van der Waals surface area contributed by atoms with Crippen LogP contribution in [0.5, 0.6) is 0 Å². The molecule has 2 aromatic rings. The highest BCUT2D eigenvalue weighted by Gasteiger charge is 2.11. The lowest BCUT2D eigenvalue weighted by molar-refractivity contribution is -0.384. The van der Waals surface area contributed by atoms with Crippen LogP contribution >= 0.6 is 11.6 Å². The zero-order valence-electron chi connectivity index (χ0n) is 12.8. The number of rotatable bonds is 6. The molecule has 8 heteroatoms. The highest BCUT2D eigenvalue weighted by atomic mass is 35.5. The molecular weight excluding hydrogens is 332 g/mol. The van der Waals surface area contributed by atoms with E-state index >= 15 is 0 Å². The van der Waals surface area contributed by atoms with Gasteiger partial charge >= 0.3 is 0 Å². The summed E-state index contributed by atoms with van der Waals surface area (Å²) < 4.78 is 0. The first-order valence-corrected chi connectivity index (χ1v) is 7.43.